The highest BCUT2D eigenvalue weighted by Crippen LogP contribution is 2.36. The second kappa shape index (κ2) is 8.04. The molecule has 1 fully saturated rings. The van der Waals surface area contributed by atoms with Crippen molar-refractivity contribution in [3.63, 3.8) is 0 Å². The molecule has 1 amide bonds. The zero-order valence-electron chi connectivity index (χ0n) is 15.5. The van der Waals surface area contributed by atoms with Gasteiger partial charge in [0.1, 0.15) is 0 Å². The first kappa shape index (κ1) is 18.5. The van der Waals surface area contributed by atoms with Gasteiger partial charge in [-0.2, -0.15) is 0 Å². The molecule has 1 atom stereocenters. The quantitative estimate of drug-likeness (QED) is 0.748. The number of anilines is 2. The third-order valence-electron chi connectivity index (χ3n) is 5.25. The monoisotopic (exact) mass is 378 g/mol. The predicted molar refractivity (Wildman–Crippen MR) is 105 cm³/mol. The van der Waals surface area contributed by atoms with Crippen LogP contribution in [0.25, 0.3) is 0 Å². The van der Waals surface area contributed by atoms with Crippen LogP contribution in [0.5, 0.6) is 0 Å². The van der Waals surface area contributed by atoms with Gasteiger partial charge in [0.15, 0.2) is 17.5 Å². The Morgan fingerprint density at radius 2 is 1.64 bits per heavy atom. The van der Waals surface area contributed by atoms with Gasteiger partial charge in [0.2, 0.25) is 5.91 Å². The number of morpholine rings is 1. The molecule has 1 saturated heterocycles. The van der Waals surface area contributed by atoms with Crippen molar-refractivity contribution >= 4 is 28.8 Å². The van der Waals surface area contributed by atoms with Gasteiger partial charge in [0, 0.05) is 37.3 Å². The highest BCUT2D eigenvalue weighted by molar-refractivity contribution is 6.33. The van der Waals surface area contributed by atoms with Crippen LogP contribution in [0.4, 0.5) is 11.4 Å². The Bertz CT molecular complexity index is 890. The number of carbonyl (C=O) groups excluding carboxylic acids is 3. The first-order valence-corrected chi connectivity index (χ1v) is 9.52. The topological polar surface area (TPSA) is 66.9 Å². The molecular formula is C22H22N2O4. The summed E-state index contributed by atoms with van der Waals surface area (Å²) in [5.74, 6) is -2.48. The van der Waals surface area contributed by atoms with Crippen molar-refractivity contribution in [1.29, 1.82) is 0 Å². The number of para-hydroxylation sites is 2. The number of amides is 1. The van der Waals surface area contributed by atoms with Crippen molar-refractivity contribution in [2.75, 3.05) is 37.7 Å². The lowest BCUT2D eigenvalue weighted by molar-refractivity contribution is -0.130. The third kappa shape index (κ3) is 3.48. The molecule has 0 bridgehead atoms. The van der Waals surface area contributed by atoms with Gasteiger partial charge in [-0.05, 0) is 24.3 Å². The lowest BCUT2D eigenvalue weighted by Crippen LogP contribution is -2.46. The summed E-state index contributed by atoms with van der Waals surface area (Å²) in [7, 11) is 0. The fourth-order valence-corrected chi connectivity index (χ4v) is 3.76. The largest absolute Gasteiger partial charge is 0.379 e. The van der Waals surface area contributed by atoms with E-state index in [0.29, 0.717) is 36.7 Å². The molecule has 2 aromatic carbocycles. The number of carbonyl (C=O) groups is 3. The highest BCUT2D eigenvalue weighted by Gasteiger charge is 2.43. The fraction of sp³-hybridized carbons (Fsp3) is 0.318. The minimum absolute atomic E-state index is 0.174. The van der Waals surface area contributed by atoms with Crippen molar-refractivity contribution in [3.8, 4) is 0 Å². The summed E-state index contributed by atoms with van der Waals surface area (Å²) in [6, 6.07) is 16.1. The van der Waals surface area contributed by atoms with Gasteiger partial charge in [-0.15, -0.1) is 0 Å². The lowest BCUT2D eigenvalue weighted by Gasteiger charge is -2.33. The van der Waals surface area contributed by atoms with Gasteiger partial charge in [-0.25, -0.2) is 0 Å². The van der Waals surface area contributed by atoms with E-state index in [4.69, 9.17) is 4.74 Å². The van der Waals surface area contributed by atoms with Crippen molar-refractivity contribution < 1.29 is 19.1 Å². The zero-order chi connectivity index (χ0) is 19.5. The van der Waals surface area contributed by atoms with Crippen LogP contribution < -0.4 is 4.90 Å². The molecule has 2 heterocycles. The van der Waals surface area contributed by atoms with Gasteiger partial charge >= 0.3 is 0 Å². The van der Waals surface area contributed by atoms with Gasteiger partial charge < -0.3 is 4.74 Å². The number of hydrogen-bond acceptors (Lipinski definition) is 5. The smallest absolute Gasteiger partial charge is 0.250 e. The fourth-order valence-electron chi connectivity index (χ4n) is 3.76. The van der Waals surface area contributed by atoms with Crippen LogP contribution in [0.2, 0.25) is 0 Å². The highest BCUT2D eigenvalue weighted by atomic mass is 16.5. The van der Waals surface area contributed by atoms with Crippen LogP contribution >= 0.6 is 0 Å². The van der Waals surface area contributed by atoms with Crippen molar-refractivity contribution in [2.24, 2.45) is 5.92 Å². The van der Waals surface area contributed by atoms with E-state index in [1.165, 1.54) is 4.90 Å². The predicted octanol–water partition coefficient (Wildman–Crippen LogP) is 2.46. The van der Waals surface area contributed by atoms with Crippen LogP contribution in [0.15, 0.2) is 54.6 Å². The van der Waals surface area contributed by atoms with Crippen molar-refractivity contribution in [3.05, 3.63) is 60.2 Å². The van der Waals surface area contributed by atoms with Gasteiger partial charge in [0.25, 0.3) is 0 Å². The van der Waals surface area contributed by atoms with E-state index in [1.54, 1.807) is 36.4 Å². The third-order valence-corrected chi connectivity index (χ3v) is 5.25. The Kier molecular flexibility index (Phi) is 5.32. The Balaban J connectivity index is 1.62. The van der Waals surface area contributed by atoms with Crippen LogP contribution in [-0.4, -0.2) is 55.2 Å². The standard InChI is InChI=1S/C22H22N2O4/c25-19(10-11-23-12-14-28-15-13-23)20-21(26)17-8-4-5-9-18(17)24(22(20)27)16-6-2-1-3-7-16/h1-9,20H,10-15H2. The molecule has 0 N–H and O–H groups in total. The minimum atomic E-state index is -1.28. The number of rotatable bonds is 5. The number of ether oxygens (including phenoxy) is 1. The summed E-state index contributed by atoms with van der Waals surface area (Å²) < 4.78 is 5.32. The van der Waals surface area contributed by atoms with Crippen molar-refractivity contribution in [2.45, 2.75) is 6.42 Å². The summed E-state index contributed by atoms with van der Waals surface area (Å²) in [5.41, 5.74) is 1.59. The first-order chi connectivity index (χ1) is 13.7. The maximum Gasteiger partial charge on any atom is 0.250 e. The molecule has 0 aromatic heterocycles. The molecule has 2 aromatic rings. The molecule has 2 aliphatic heterocycles. The molecule has 0 spiro atoms. The van der Waals surface area contributed by atoms with Crippen molar-refractivity contribution in [1.82, 2.24) is 4.90 Å². The van der Waals surface area contributed by atoms with E-state index in [2.05, 4.69) is 4.90 Å². The minimum Gasteiger partial charge on any atom is -0.379 e. The number of hydrogen-bond donors (Lipinski definition) is 0. The molecule has 144 valence electrons. The van der Waals surface area contributed by atoms with E-state index < -0.39 is 17.6 Å². The maximum atomic E-state index is 13.2. The average Bonchev–Trinajstić information content (AvgIpc) is 2.74. The van der Waals surface area contributed by atoms with E-state index >= 15 is 0 Å². The molecule has 0 aliphatic carbocycles. The number of benzene rings is 2. The Morgan fingerprint density at radius 1 is 0.964 bits per heavy atom. The first-order valence-electron chi connectivity index (χ1n) is 9.52. The molecule has 0 radical (unpaired) electrons. The Labute approximate surface area is 163 Å². The second-order valence-corrected chi connectivity index (χ2v) is 6.99. The molecule has 0 saturated carbocycles. The Hall–Kier alpha value is -2.83. The van der Waals surface area contributed by atoms with E-state index in [9.17, 15) is 14.4 Å². The molecule has 28 heavy (non-hydrogen) atoms. The molecule has 1 unspecified atom stereocenters. The Morgan fingerprint density at radius 3 is 2.39 bits per heavy atom. The lowest BCUT2D eigenvalue weighted by atomic mass is 9.85. The van der Waals surface area contributed by atoms with E-state index in [-0.39, 0.29) is 12.2 Å². The molecule has 4 rings (SSSR count). The number of Topliss-reactive ketones (excluding diaryl/α,β-unsaturated/α-hetero) is 2. The SMILES string of the molecule is O=C(CCN1CCOCC1)C1C(=O)c2ccccc2N(c2ccccc2)C1=O. The number of nitrogens with zero attached hydrogens (tertiary/aromatic N) is 2. The summed E-state index contributed by atoms with van der Waals surface area (Å²) in [4.78, 5) is 42.8. The summed E-state index contributed by atoms with van der Waals surface area (Å²) in [5, 5.41) is 0. The summed E-state index contributed by atoms with van der Waals surface area (Å²) in [6.45, 7) is 3.35. The van der Waals surface area contributed by atoms with Crippen LogP contribution in [-0.2, 0) is 14.3 Å². The number of fused-ring (bicyclic) bond motifs is 1. The molecule has 6 nitrogen and oxygen atoms in total. The average molecular weight is 378 g/mol. The normalized spacial score (nSPS) is 20.1. The summed E-state index contributed by atoms with van der Waals surface area (Å²) >= 11 is 0. The van der Waals surface area contributed by atoms with E-state index in [1.807, 2.05) is 18.2 Å². The van der Waals surface area contributed by atoms with Gasteiger partial charge in [-0.1, -0.05) is 30.3 Å². The number of ketones is 2. The molecule has 6 heteroatoms. The van der Waals surface area contributed by atoms with Crippen LogP contribution in [0.3, 0.4) is 0 Å². The molecule has 2 aliphatic rings. The van der Waals surface area contributed by atoms with Gasteiger partial charge in [-0.3, -0.25) is 24.2 Å². The summed E-state index contributed by atoms with van der Waals surface area (Å²) in [6.07, 6.45) is 0.174. The second-order valence-electron chi connectivity index (χ2n) is 6.99. The van der Waals surface area contributed by atoms with Crippen LogP contribution in [0.1, 0.15) is 16.8 Å². The van der Waals surface area contributed by atoms with Gasteiger partial charge in [0.05, 0.1) is 18.9 Å². The molecular weight excluding hydrogens is 356 g/mol. The zero-order valence-corrected chi connectivity index (χ0v) is 15.5. The van der Waals surface area contributed by atoms with Crippen LogP contribution in [0, 0.1) is 5.92 Å². The van der Waals surface area contributed by atoms with E-state index in [0.717, 1.165) is 13.1 Å². The maximum absolute atomic E-state index is 13.2.